The molecule has 0 saturated carbocycles. The molecule has 0 bridgehead atoms. The highest BCUT2D eigenvalue weighted by atomic mass is 16.5. The Morgan fingerprint density at radius 2 is 1.95 bits per heavy atom. The number of rotatable bonds is 7. The topological polar surface area (TPSA) is 34.6 Å². The smallest absolute Gasteiger partial charge is 0.131 e. The van der Waals surface area contributed by atoms with Gasteiger partial charge in [-0.05, 0) is 44.3 Å². The van der Waals surface area contributed by atoms with Crippen LogP contribution in [0, 0.1) is 0 Å². The lowest BCUT2D eigenvalue weighted by molar-refractivity contribution is 0.258. The van der Waals surface area contributed by atoms with Crippen LogP contribution >= 0.6 is 0 Å². The van der Waals surface area contributed by atoms with E-state index in [9.17, 15) is 0 Å². The van der Waals surface area contributed by atoms with Gasteiger partial charge in [-0.15, -0.1) is 0 Å². The van der Waals surface area contributed by atoms with Gasteiger partial charge in [-0.25, -0.2) is 0 Å². The van der Waals surface area contributed by atoms with Gasteiger partial charge in [-0.3, -0.25) is 4.98 Å². The van der Waals surface area contributed by atoms with Gasteiger partial charge >= 0.3 is 0 Å². The summed E-state index contributed by atoms with van der Waals surface area (Å²) in [5.74, 6) is 1.68. The Labute approximate surface area is 132 Å². The first-order valence-corrected chi connectivity index (χ1v) is 7.55. The fourth-order valence-corrected chi connectivity index (χ4v) is 2.25. The molecule has 22 heavy (non-hydrogen) atoms. The molecule has 0 unspecified atom stereocenters. The summed E-state index contributed by atoms with van der Waals surface area (Å²) in [6.07, 6.45) is 2.70. The van der Waals surface area contributed by atoms with Crippen molar-refractivity contribution in [2.24, 2.45) is 0 Å². The van der Waals surface area contributed by atoms with Crippen LogP contribution in [0.1, 0.15) is 12.5 Å². The summed E-state index contributed by atoms with van der Waals surface area (Å²) >= 11 is 0. The molecular weight excluding hydrogens is 276 g/mol. The van der Waals surface area contributed by atoms with Crippen molar-refractivity contribution in [3.05, 3.63) is 42.1 Å². The largest absolute Gasteiger partial charge is 0.496 e. The third-order valence-electron chi connectivity index (χ3n) is 3.50. The summed E-state index contributed by atoms with van der Waals surface area (Å²) in [7, 11) is 5.75. The van der Waals surface area contributed by atoms with E-state index in [1.54, 1.807) is 13.3 Å². The van der Waals surface area contributed by atoms with Crippen molar-refractivity contribution in [2.45, 2.75) is 13.3 Å². The van der Waals surface area contributed by atoms with E-state index in [0.29, 0.717) is 6.61 Å². The Bertz CT molecular complexity index is 598. The average Bonchev–Trinajstić information content (AvgIpc) is 2.54. The molecule has 0 spiro atoms. The number of ether oxygens (including phenoxy) is 2. The zero-order valence-corrected chi connectivity index (χ0v) is 13.8. The first-order valence-electron chi connectivity index (χ1n) is 7.55. The van der Waals surface area contributed by atoms with Gasteiger partial charge in [0, 0.05) is 24.4 Å². The van der Waals surface area contributed by atoms with E-state index in [4.69, 9.17) is 9.47 Å². The number of likely N-dealkylation sites (N-methyl/N-ethyl adjacent to an activating group) is 1. The van der Waals surface area contributed by atoms with Gasteiger partial charge in [0.2, 0.25) is 0 Å². The zero-order chi connectivity index (χ0) is 15.9. The van der Waals surface area contributed by atoms with E-state index in [2.05, 4.69) is 22.9 Å². The highest BCUT2D eigenvalue weighted by molar-refractivity contribution is 5.70. The molecular formula is C18H24N2O2. The maximum Gasteiger partial charge on any atom is 0.131 e. The molecule has 0 fully saturated rings. The summed E-state index contributed by atoms with van der Waals surface area (Å²) in [5, 5.41) is 0. The number of pyridine rings is 1. The molecule has 118 valence electrons. The molecule has 0 aliphatic rings. The molecule has 1 aromatic carbocycles. The minimum absolute atomic E-state index is 0.659. The van der Waals surface area contributed by atoms with Gasteiger partial charge in [0.1, 0.15) is 18.1 Å². The number of nitrogens with zero attached hydrogens (tertiary/aromatic N) is 2. The Hall–Kier alpha value is -2.07. The first kappa shape index (κ1) is 16.3. The van der Waals surface area contributed by atoms with Crippen molar-refractivity contribution >= 4 is 0 Å². The van der Waals surface area contributed by atoms with E-state index >= 15 is 0 Å². The fourth-order valence-electron chi connectivity index (χ4n) is 2.25. The van der Waals surface area contributed by atoms with Crippen LogP contribution in [0.3, 0.4) is 0 Å². The molecule has 0 atom stereocenters. The van der Waals surface area contributed by atoms with Gasteiger partial charge in [-0.1, -0.05) is 13.0 Å². The third kappa shape index (κ3) is 3.98. The van der Waals surface area contributed by atoms with Crippen LogP contribution < -0.4 is 9.47 Å². The second kappa shape index (κ2) is 7.80. The van der Waals surface area contributed by atoms with Crippen LogP contribution in [-0.4, -0.2) is 44.2 Å². The zero-order valence-electron chi connectivity index (χ0n) is 13.8. The average molecular weight is 300 g/mol. The number of benzene rings is 1. The minimum Gasteiger partial charge on any atom is -0.496 e. The molecule has 0 aliphatic carbocycles. The molecule has 0 amide bonds. The highest BCUT2D eigenvalue weighted by Crippen LogP contribution is 2.35. The van der Waals surface area contributed by atoms with Gasteiger partial charge in [-0.2, -0.15) is 0 Å². The lowest BCUT2D eigenvalue weighted by Gasteiger charge is -2.17. The van der Waals surface area contributed by atoms with Crippen LogP contribution in [0.15, 0.2) is 36.5 Å². The van der Waals surface area contributed by atoms with Crippen molar-refractivity contribution in [1.29, 1.82) is 0 Å². The summed E-state index contributed by atoms with van der Waals surface area (Å²) in [6.45, 7) is 3.67. The molecule has 2 aromatic rings. The van der Waals surface area contributed by atoms with Gasteiger partial charge in [0.05, 0.1) is 12.8 Å². The van der Waals surface area contributed by atoms with Crippen LogP contribution in [0.4, 0.5) is 0 Å². The molecule has 4 nitrogen and oxygen atoms in total. The summed E-state index contributed by atoms with van der Waals surface area (Å²) < 4.78 is 11.5. The van der Waals surface area contributed by atoms with Crippen molar-refractivity contribution in [3.63, 3.8) is 0 Å². The molecule has 4 heteroatoms. The summed E-state index contributed by atoms with van der Waals surface area (Å²) in [5.41, 5.74) is 3.08. The Balaban J connectivity index is 2.33. The minimum atomic E-state index is 0.659. The molecule has 0 N–H and O–H groups in total. The summed E-state index contributed by atoms with van der Waals surface area (Å²) in [4.78, 5) is 6.52. The van der Waals surface area contributed by atoms with Crippen LogP contribution in [0.2, 0.25) is 0 Å². The molecule has 2 rings (SSSR count). The van der Waals surface area contributed by atoms with Crippen LogP contribution in [-0.2, 0) is 6.42 Å². The van der Waals surface area contributed by atoms with Gasteiger partial charge in [0.15, 0.2) is 0 Å². The maximum absolute atomic E-state index is 5.93. The molecule has 1 aromatic heterocycles. The lowest BCUT2D eigenvalue weighted by atomic mass is 10.0. The third-order valence-corrected chi connectivity index (χ3v) is 3.50. The Morgan fingerprint density at radius 1 is 1.14 bits per heavy atom. The normalized spacial score (nSPS) is 10.8. The number of aromatic nitrogens is 1. The standard InChI is InChI=1S/C18H24N2O2/c1-5-14-12-15(16-8-6-7-9-19-16)18(21-4)13-17(14)22-11-10-20(2)3/h6-9,12-13H,5,10-11H2,1-4H3. The van der Waals surface area contributed by atoms with E-state index in [1.165, 1.54) is 5.56 Å². The molecule has 1 heterocycles. The van der Waals surface area contributed by atoms with Crippen molar-refractivity contribution in [2.75, 3.05) is 34.4 Å². The first-order chi connectivity index (χ1) is 10.7. The van der Waals surface area contributed by atoms with Crippen LogP contribution in [0.25, 0.3) is 11.3 Å². The van der Waals surface area contributed by atoms with Gasteiger partial charge < -0.3 is 14.4 Å². The van der Waals surface area contributed by atoms with Gasteiger partial charge in [0.25, 0.3) is 0 Å². The predicted octanol–water partition coefficient (Wildman–Crippen LogP) is 3.26. The molecule has 0 radical (unpaired) electrons. The SMILES string of the molecule is CCc1cc(-c2ccccn2)c(OC)cc1OCCN(C)C. The number of hydrogen-bond acceptors (Lipinski definition) is 4. The summed E-state index contributed by atoms with van der Waals surface area (Å²) in [6, 6.07) is 9.97. The van der Waals surface area contributed by atoms with Crippen LogP contribution in [0.5, 0.6) is 11.5 Å². The monoisotopic (exact) mass is 300 g/mol. The quantitative estimate of drug-likeness (QED) is 0.786. The molecule has 0 saturated heterocycles. The second-order valence-electron chi connectivity index (χ2n) is 5.38. The van der Waals surface area contributed by atoms with E-state index in [0.717, 1.165) is 35.7 Å². The van der Waals surface area contributed by atoms with E-state index < -0.39 is 0 Å². The predicted molar refractivity (Wildman–Crippen MR) is 89.7 cm³/mol. The van der Waals surface area contributed by atoms with Crippen molar-refractivity contribution in [1.82, 2.24) is 9.88 Å². The van der Waals surface area contributed by atoms with Crippen molar-refractivity contribution < 1.29 is 9.47 Å². The molecule has 0 aliphatic heterocycles. The second-order valence-corrected chi connectivity index (χ2v) is 5.38. The maximum atomic E-state index is 5.93. The van der Waals surface area contributed by atoms with E-state index in [-0.39, 0.29) is 0 Å². The Morgan fingerprint density at radius 3 is 2.55 bits per heavy atom. The number of hydrogen-bond donors (Lipinski definition) is 0. The van der Waals surface area contributed by atoms with E-state index in [1.807, 2.05) is 38.4 Å². The van der Waals surface area contributed by atoms with Crippen molar-refractivity contribution in [3.8, 4) is 22.8 Å². The fraction of sp³-hybridized carbons (Fsp3) is 0.389. The number of methoxy groups -OCH3 is 1. The Kier molecular flexibility index (Phi) is 5.78. The lowest BCUT2D eigenvalue weighted by Crippen LogP contribution is -2.19. The highest BCUT2D eigenvalue weighted by Gasteiger charge is 2.13. The number of aryl methyl sites for hydroxylation is 1.